The number of carbonyl (C=O) groups excluding carboxylic acids is 1. The lowest BCUT2D eigenvalue weighted by molar-refractivity contribution is -0.132. The fraction of sp³-hybridized carbons (Fsp3) is 0.278. The summed E-state index contributed by atoms with van der Waals surface area (Å²) < 4.78 is 11.8. The number of hydrogen-bond acceptors (Lipinski definition) is 8. The molecular formula is C18H15BrN6O4. The summed E-state index contributed by atoms with van der Waals surface area (Å²) in [6, 6.07) is 8.81. The Hall–Kier alpha value is -3.39. The average Bonchev–Trinajstić information content (AvgIpc) is 3.34. The van der Waals surface area contributed by atoms with Crippen LogP contribution in [0.25, 0.3) is 11.7 Å². The van der Waals surface area contributed by atoms with Crippen molar-refractivity contribution in [3.63, 3.8) is 0 Å². The molecule has 0 spiro atoms. The highest BCUT2D eigenvalue weighted by atomic mass is 79.9. The molecule has 0 aliphatic carbocycles. The summed E-state index contributed by atoms with van der Waals surface area (Å²) in [7, 11) is 0. The van der Waals surface area contributed by atoms with Crippen LogP contribution in [0.1, 0.15) is 5.56 Å². The summed E-state index contributed by atoms with van der Waals surface area (Å²) >= 11 is 3.17. The van der Waals surface area contributed by atoms with Gasteiger partial charge in [0, 0.05) is 32.4 Å². The van der Waals surface area contributed by atoms with Crippen molar-refractivity contribution in [2.24, 2.45) is 0 Å². The monoisotopic (exact) mass is 458 g/mol. The SMILES string of the molecule is N#Cc1ccc(N2CCN(C(=O)Cn3nc(-c4ccc(Br)o4)oc3=O)CC2)nc1. The van der Waals surface area contributed by atoms with Crippen molar-refractivity contribution in [2.45, 2.75) is 6.54 Å². The van der Waals surface area contributed by atoms with Crippen molar-refractivity contribution < 1.29 is 13.6 Å². The van der Waals surface area contributed by atoms with Crippen LogP contribution in [0.5, 0.6) is 0 Å². The number of furan rings is 1. The lowest BCUT2D eigenvalue weighted by Gasteiger charge is -2.35. The maximum Gasteiger partial charge on any atom is 0.437 e. The fourth-order valence-electron chi connectivity index (χ4n) is 2.99. The van der Waals surface area contributed by atoms with Gasteiger partial charge in [-0.2, -0.15) is 9.94 Å². The van der Waals surface area contributed by atoms with Gasteiger partial charge in [0.15, 0.2) is 10.4 Å². The summed E-state index contributed by atoms with van der Waals surface area (Å²) in [5, 5.41) is 12.9. The predicted octanol–water partition coefficient (Wildman–Crippen LogP) is 1.47. The number of hydrogen-bond donors (Lipinski definition) is 0. The van der Waals surface area contributed by atoms with Crippen LogP contribution < -0.4 is 10.7 Å². The fourth-order valence-corrected chi connectivity index (χ4v) is 3.29. The summed E-state index contributed by atoms with van der Waals surface area (Å²) in [6.45, 7) is 1.98. The molecule has 1 fully saturated rings. The Morgan fingerprint density at radius 3 is 2.59 bits per heavy atom. The van der Waals surface area contributed by atoms with E-state index in [0.29, 0.717) is 42.2 Å². The van der Waals surface area contributed by atoms with Gasteiger partial charge in [0.05, 0.1) is 5.56 Å². The maximum absolute atomic E-state index is 12.6. The zero-order valence-corrected chi connectivity index (χ0v) is 16.7. The molecular weight excluding hydrogens is 444 g/mol. The first-order chi connectivity index (χ1) is 14.0. The number of halogens is 1. The second kappa shape index (κ2) is 7.92. The van der Waals surface area contributed by atoms with Crippen molar-refractivity contribution >= 4 is 27.7 Å². The first-order valence-corrected chi connectivity index (χ1v) is 9.55. The normalized spacial score (nSPS) is 14.1. The molecule has 1 saturated heterocycles. The average molecular weight is 459 g/mol. The van der Waals surface area contributed by atoms with Crippen LogP contribution in [-0.4, -0.2) is 51.8 Å². The van der Waals surface area contributed by atoms with Crippen molar-refractivity contribution in [2.75, 3.05) is 31.1 Å². The van der Waals surface area contributed by atoms with E-state index in [-0.39, 0.29) is 18.3 Å². The Kier molecular flexibility index (Phi) is 5.18. The molecule has 1 aliphatic rings. The Bertz CT molecular complexity index is 1120. The van der Waals surface area contributed by atoms with Gasteiger partial charge in [0.25, 0.3) is 5.89 Å². The molecule has 1 amide bonds. The van der Waals surface area contributed by atoms with Gasteiger partial charge in [-0.3, -0.25) is 4.79 Å². The first-order valence-electron chi connectivity index (χ1n) is 8.76. The molecule has 0 radical (unpaired) electrons. The van der Waals surface area contributed by atoms with Gasteiger partial charge < -0.3 is 18.6 Å². The van der Waals surface area contributed by atoms with Crippen LogP contribution in [0.2, 0.25) is 0 Å². The molecule has 4 rings (SSSR count). The van der Waals surface area contributed by atoms with Crippen LogP contribution >= 0.6 is 15.9 Å². The van der Waals surface area contributed by atoms with Gasteiger partial charge in [-0.25, -0.2) is 9.78 Å². The van der Waals surface area contributed by atoms with Gasteiger partial charge in [-0.1, -0.05) is 0 Å². The summed E-state index contributed by atoms with van der Waals surface area (Å²) in [6.07, 6.45) is 1.53. The van der Waals surface area contributed by atoms with E-state index in [1.807, 2.05) is 11.0 Å². The summed E-state index contributed by atoms with van der Waals surface area (Å²) in [5.41, 5.74) is 0.502. The van der Waals surface area contributed by atoms with E-state index in [2.05, 4.69) is 26.0 Å². The lowest BCUT2D eigenvalue weighted by Crippen LogP contribution is -2.50. The zero-order chi connectivity index (χ0) is 20.4. The highest BCUT2D eigenvalue weighted by molar-refractivity contribution is 9.10. The number of rotatable bonds is 4. The lowest BCUT2D eigenvalue weighted by atomic mass is 10.2. The molecule has 0 atom stereocenters. The summed E-state index contributed by atoms with van der Waals surface area (Å²) in [5.74, 6) is 0.133. The molecule has 29 heavy (non-hydrogen) atoms. The molecule has 1 aliphatic heterocycles. The van der Waals surface area contributed by atoms with Crippen molar-refractivity contribution in [3.05, 3.63) is 51.2 Å². The molecule has 0 N–H and O–H groups in total. The maximum atomic E-state index is 12.6. The minimum atomic E-state index is -0.721. The Morgan fingerprint density at radius 2 is 1.97 bits per heavy atom. The molecule has 4 heterocycles. The second-order valence-corrected chi connectivity index (χ2v) is 7.10. The number of nitriles is 1. The largest absolute Gasteiger partial charge is 0.444 e. The molecule has 11 heteroatoms. The number of piperazine rings is 1. The van der Waals surface area contributed by atoms with Crippen LogP contribution in [0.4, 0.5) is 5.82 Å². The van der Waals surface area contributed by atoms with Crippen molar-refractivity contribution in [1.82, 2.24) is 19.7 Å². The second-order valence-electron chi connectivity index (χ2n) is 6.32. The standard InChI is InChI=1S/C18H15BrN6O4/c19-14-3-2-13(28-14)17-22-25(18(27)29-17)11-16(26)24-7-5-23(6-8-24)15-4-1-12(9-20)10-21-15/h1-4,10H,5-8,11H2. The first kappa shape index (κ1) is 18.9. The van der Waals surface area contributed by atoms with E-state index in [4.69, 9.17) is 14.1 Å². The number of aromatic nitrogens is 3. The molecule has 148 valence electrons. The summed E-state index contributed by atoms with van der Waals surface area (Å²) in [4.78, 5) is 32.6. The highest BCUT2D eigenvalue weighted by Crippen LogP contribution is 2.22. The van der Waals surface area contributed by atoms with E-state index < -0.39 is 5.76 Å². The van der Waals surface area contributed by atoms with Gasteiger partial charge >= 0.3 is 5.76 Å². The molecule has 3 aromatic heterocycles. The number of carbonyl (C=O) groups is 1. The third-order valence-electron chi connectivity index (χ3n) is 4.51. The number of pyridine rings is 1. The van der Waals surface area contributed by atoms with Crippen molar-refractivity contribution in [1.29, 1.82) is 5.26 Å². The van der Waals surface area contributed by atoms with E-state index in [0.717, 1.165) is 10.5 Å². The van der Waals surface area contributed by atoms with E-state index >= 15 is 0 Å². The molecule has 0 unspecified atom stereocenters. The van der Waals surface area contributed by atoms with Gasteiger partial charge in [-0.15, -0.1) is 5.10 Å². The third kappa shape index (κ3) is 4.07. The van der Waals surface area contributed by atoms with Crippen LogP contribution in [-0.2, 0) is 11.3 Å². The van der Waals surface area contributed by atoms with E-state index in [9.17, 15) is 9.59 Å². The Morgan fingerprint density at radius 1 is 1.17 bits per heavy atom. The quantitative estimate of drug-likeness (QED) is 0.575. The Balaban J connectivity index is 1.37. The van der Waals surface area contributed by atoms with Gasteiger partial charge in [-0.05, 0) is 40.2 Å². The third-order valence-corrected chi connectivity index (χ3v) is 4.93. The van der Waals surface area contributed by atoms with E-state index in [1.165, 1.54) is 6.20 Å². The smallest absolute Gasteiger partial charge is 0.437 e. The van der Waals surface area contributed by atoms with Crippen molar-refractivity contribution in [3.8, 4) is 17.7 Å². The topological polar surface area (TPSA) is 121 Å². The van der Waals surface area contributed by atoms with Crippen LogP contribution in [0, 0.1) is 11.3 Å². The number of nitrogens with zero attached hydrogens (tertiary/aromatic N) is 6. The molecule has 0 saturated carbocycles. The number of anilines is 1. The molecule has 10 nitrogen and oxygen atoms in total. The highest BCUT2D eigenvalue weighted by Gasteiger charge is 2.24. The molecule has 0 aromatic carbocycles. The van der Waals surface area contributed by atoms with Crippen LogP contribution in [0.15, 0.2) is 48.8 Å². The minimum absolute atomic E-state index is 0.0187. The van der Waals surface area contributed by atoms with Gasteiger partial charge in [0.2, 0.25) is 5.91 Å². The zero-order valence-electron chi connectivity index (χ0n) is 15.1. The van der Waals surface area contributed by atoms with E-state index in [1.54, 1.807) is 29.2 Å². The molecule has 3 aromatic rings. The van der Waals surface area contributed by atoms with Gasteiger partial charge in [0.1, 0.15) is 18.4 Å². The van der Waals surface area contributed by atoms with Crippen LogP contribution in [0.3, 0.4) is 0 Å². The Labute approximate surface area is 173 Å². The molecule has 0 bridgehead atoms. The predicted molar refractivity (Wildman–Crippen MR) is 104 cm³/mol. The number of amides is 1. The minimum Gasteiger partial charge on any atom is -0.444 e.